The predicted octanol–water partition coefficient (Wildman–Crippen LogP) is 2.35. The normalized spacial score (nSPS) is 11.5. The van der Waals surface area contributed by atoms with Crippen LogP contribution in [0.15, 0.2) is 47.5 Å². The number of rotatable bonds is 6. The number of hydrogen-bond donors (Lipinski definition) is 2. The Labute approximate surface area is 146 Å². The molecule has 0 saturated heterocycles. The van der Waals surface area contributed by atoms with Crippen LogP contribution < -0.4 is 10.0 Å². The van der Waals surface area contributed by atoms with E-state index in [0.29, 0.717) is 16.3 Å². The fourth-order valence-electron chi connectivity index (χ4n) is 2.00. The number of pyridine rings is 1. The molecular weight excluding hydrogens is 350 g/mol. The van der Waals surface area contributed by atoms with E-state index in [2.05, 4.69) is 15.0 Å². The van der Waals surface area contributed by atoms with Gasteiger partial charge < -0.3 is 5.32 Å². The second-order valence-corrected chi connectivity index (χ2v) is 7.58. The van der Waals surface area contributed by atoms with E-state index >= 15 is 0 Å². The van der Waals surface area contributed by atoms with Gasteiger partial charge in [0.15, 0.2) is 0 Å². The molecule has 0 aliphatic rings. The molecular formula is C16H18ClN3O3S. The lowest BCUT2D eigenvalue weighted by molar-refractivity contribution is 0.0950. The Kier molecular flexibility index (Phi) is 5.93. The van der Waals surface area contributed by atoms with Gasteiger partial charge in [0.2, 0.25) is 10.0 Å². The first-order valence-electron chi connectivity index (χ1n) is 7.29. The maximum atomic E-state index is 12.2. The van der Waals surface area contributed by atoms with Crippen LogP contribution in [0.25, 0.3) is 0 Å². The van der Waals surface area contributed by atoms with Crippen molar-refractivity contribution in [3.8, 4) is 0 Å². The van der Waals surface area contributed by atoms with Gasteiger partial charge in [0, 0.05) is 18.8 Å². The quantitative estimate of drug-likeness (QED) is 0.767. The zero-order chi connectivity index (χ0) is 17.7. The minimum absolute atomic E-state index is 0.163. The summed E-state index contributed by atoms with van der Waals surface area (Å²) in [6.07, 6.45) is 1.38. The summed E-state index contributed by atoms with van der Waals surface area (Å²) in [7, 11) is -3.56. The van der Waals surface area contributed by atoms with Crippen LogP contribution in [0.4, 0.5) is 0 Å². The van der Waals surface area contributed by atoms with Gasteiger partial charge in [-0.2, -0.15) is 0 Å². The van der Waals surface area contributed by atoms with E-state index in [-0.39, 0.29) is 23.4 Å². The summed E-state index contributed by atoms with van der Waals surface area (Å²) < 4.78 is 26.9. The number of carbonyl (C=O) groups is 1. The predicted molar refractivity (Wildman–Crippen MR) is 92.3 cm³/mol. The van der Waals surface area contributed by atoms with Crippen molar-refractivity contribution in [3.05, 3.63) is 58.9 Å². The number of halogens is 1. The lowest BCUT2D eigenvalue weighted by Gasteiger charge is -2.11. The van der Waals surface area contributed by atoms with Gasteiger partial charge in [-0.05, 0) is 43.7 Å². The zero-order valence-corrected chi connectivity index (χ0v) is 14.9. The molecule has 0 aliphatic carbocycles. The summed E-state index contributed by atoms with van der Waals surface area (Å²) in [5.41, 5.74) is 1.06. The highest BCUT2D eigenvalue weighted by molar-refractivity contribution is 7.89. The fraction of sp³-hybridized carbons (Fsp3) is 0.250. The molecule has 0 bridgehead atoms. The molecule has 1 heterocycles. The van der Waals surface area contributed by atoms with Crippen LogP contribution in [0.5, 0.6) is 0 Å². The summed E-state index contributed by atoms with van der Waals surface area (Å²) >= 11 is 5.68. The number of amides is 1. The highest BCUT2D eigenvalue weighted by Crippen LogP contribution is 2.12. The molecule has 0 aliphatic heterocycles. The van der Waals surface area contributed by atoms with Gasteiger partial charge in [-0.25, -0.2) is 18.1 Å². The van der Waals surface area contributed by atoms with Gasteiger partial charge in [0.05, 0.1) is 10.5 Å². The first-order chi connectivity index (χ1) is 11.3. The Morgan fingerprint density at radius 2 is 2.00 bits per heavy atom. The van der Waals surface area contributed by atoms with E-state index in [1.54, 1.807) is 32.0 Å². The number of carbonyl (C=O) groups excluding carboxylic acids is 1. The van der Waals surface area contributed by atoms with Gasteiger partial charge >= 0.3 is 0 Å². The smallest absolute Gasteiger partial charge is 0.253 e. The first kappa shape index (κ1) is 18.4. The lowest BCUT2D eigenvalue weighted by atomic mass is 10.2. The average molecular weight is 368 g/mol. The third kappa shape index (κ3) is 5.02. The Bertz CT molecular complexity index is 821. The maximum absolute atomic E-state index is 12.2. The Morgan fingerprint density at radius 3 is 2.62 bits per heavy atom. The molecule has 24 heavy (non-hydrogen) atoms. The molecule has 0 radical (unpaired) electrons. The summed E-state index contributed by atoms with van der Waals surface area (Å²) in [4.78, 5) is 16.0. The Hall–Kier alpha value is -1.96. The standard InChI is InChI=1S/C16H18ClN3O3S/c1-11(2)20-24(22,23)14-5-3-4-12(8-14)9-19-16(21)13-6-7-15(17)18-10-13/h3-8,10-11,20H,9H2,1-2H3,(H,19,21). The minimum atomic E-state index is -3.56. The minimum Gasteiger partial charge on any atom is -0.348 e. The SMILES string of the molecule is CC(C)NS(=O)(=O)c1cccc(CNC(=O)c2ccc(Cl)nc2)c1. The number of aromatic nitrogens is 1. The van der Waals surface area contributed by atoms with Gasteiger partial charge in [0.25, 0.3) is 5.91 Å². The average Bonchev–Trinajstić information content (AvgIpc) is 2.52. The number of sulfonamides is 1. The molecule has 2 rings (SSSR count). The van der Waals surface area contributed by atoms with E-state index < -0.39 is 10.0 Å². The van der Waals surface area contributed by atoms with Crippen molar-refractivity contribution in [2.75, 3.05) is 0 Å². The van der Waals surface area contributed by atoms with Crippen LogP contribution in [0.3, 0.4) is 0 Å². The molecule has 0 saturated carbocycles. The topological polar surface area (TPSA) is 88.2 Å². The van der Waals surface area contributed by atoms with Crippen molar-refractivity contribution in [3.63, 3.8) is 0 Å². The van der Waals surface area contributed by atoms with Crippen molar-refractivity contribution in [1.29, 1.82) is 0 Å². The number of hydrogen-bond acceptors (Lipinski definition) is 4. The molecule has 6 nitrogen and oxygen atoms in total. The molecule has 0 fully saturated rings. The molecule has 0 unspecified atom stereocenters. The van der Waals surface area contributed by atoms with Crippen molar-refractivity contribution >= 4 is 27.5 Å². The molecule has 2 N–H and O–H groups in total. The monoisotopic (exact) mass is 367 g/mol. The van der Waals surface area contributed by atoms with Crippen LogP contribution in [0, 0.1) is 0 Å². The highest BCUT2D eigenvalue weighted by Gasteiger charge is 2.15. The highest BCUT2D eigenvalue weighted by atomic mass is 35.5. The van der Waals surface area contributed by atoms with E-state index in [0.717, 1.165) is 0 Å². The molecule has 8 heteroatoms. The van der Waals surface area contributed by atoms with Crippen LogP contribution in [0.2, 0.25) is 5.15 Å². The molecule has 1 aromatic heterocycles. The van der Waals surface area contributed by atoms with E-state index in [9.17, 15) is 13.2 Å². The van der Waals surface area contributed by atoms with E-state index in [1.807, 2.05) is 0 Å². The largest absolute Gasteiger partial charge is 0.348 e. The molecule has 1 amide bonds. The number of nitrogens with zero attached hydrogens (tertiary/aromatic N) is 1. The molecule has 128 valence electrons. The molecule has 0 atom stereocenters. The number of nitrogens with one attached hydrogen (secondary N) is 2. The first-order valence-corrected chi connectivity index (χ1v) is 9.15. The maximum Gasteiger partial charge on any atom is 0.253 e. The van der Waals surface area contributed by atoms with Crippen molar-refractivity contribution in [2.45, 2.75) is 31.3 Å². The van der Waals surface area contributed by atoms with Crippen molar-refractivity contribution < 1.29 is 13.2 Å². The van der Waals surface area contributed by atoms with E-state index in [4.69, 9.17) is 11.6 Å². The van der Waals surface area contributed by atoms with Crippen molar-refractivity contribution in [2.24, 2.45) is 0 Å². The Balaban J connectivity index is 2.07. The van der Waals surface area contributed by atoms with Gasteiger partial charge in [-0.1, -0.05) is 23.7 Å². The zero-order valence-electron chi connectivity index (χ0n) is 13.3. The van der Waals surface area contributed by atoms with Gasteiger partial charge in [0.1, 0.15) is 5.15 Å². The van der Waals surface area contributed by atoms with Gasteiger partial charge in [-0.3, -0.25) is 4.79 Å². The summed E-state index contributed by atoms with van der Waals surface area (Å²) in [6, 6.07) is 9.33. The summed E-state index contributed by atoms with van der Waals surface area (Å²) in [5, 5.41) is 3.02. The van der Waals surface area contributed by atoms with Gasteiger partial charge in [-0.15, -0.1) is 0 Å². The lowest BCUT2D eigenvalue weighted by Crippen LogP contribution is -2.30. The van der Waals surface area contributed by atoms with Crippen LogP contribution in [-0.2, 0) is 16.6 Å². The molecule has 0 spiro atoms. The second-order valence-electron chi connectivity index (χ2n) is 5.48. The summed E-state index contributed by atoms with van der Waals surface area (Å²) in [6.45, 7) is 3.70. The van der Waals surface area contributed by atoms with Crippen LogP contribution in [0.1, 0.15) is 29.8 Å². The third-order valence-corrected chi connectivity index (χ3v) is 4.92. The van der Waals surface area contributed by atoms with E-state index in [1.165, 1.54) is 24.4 Å². The summed E-state index contributed by atoms with van der Waals surface area (Å²) in [5.74, 6) is -0.312. The third-order valence-electron chi connectivity index (χ3n) is 3.04. The Morgan fingerprint density at radius 1 is 1.25 bits per heavy atom. The molecule has 1 aromatic carbocycles. The van der Waals surface area contributed by atoms with Crippen LogP contribution >= 0.6 is 11.6 Å². The van der Waals surface area contributed by atoms with Crippen LogP contribution in [-0.4, -0.2) is 25.4 Å². The van der Waals surface area contributed by atoms with Crippen molar-refractivity contribution in [1.82, 2.24) is 15.0 Å². The number of benzene rings is 1. The fourth-order valence-corrected chi connectivity index (χ4v) is 3.43. The second kappa shape index (κ2) is 7.74. The molecule has 2 aromatic rings.